The van der Waals surface area contributed by atoms with Gasteiger partial charge in [0, 0.05) is 35.3 Å². The number of fused-ring (bicyclic) bond motifs is 1. The van der Waals surface area contributed by atoms with Gasteiger partial charge in [-0.1, -0.05) is 33.8 Å². The third-order valence-electron chi connectivity index (χ3n) is 5.82. The largest absolute Gasteiger partial charge is 0.493 e. The maximum absolute atomic E-state index is 13.3. The SMILES string of the molecule is CCc1ccc2c(n1)C(=N)N(CC(=O)c1cc(OC)c(OCCCC(=O)O)c(C(C)(C)C)c1)C2. The summed E-state index contributed by atoms with van der Waals surface area (Å²) in [5.41, 5.74) is 3.46. The van der Waals surface area contributed by atoms with E-state index in [9.17, 15) is 9.59 Å². The number of rotatable bonds is 10. The van der Waals surface area contributed by atoms with Crippen LogP contribution in [0.2, 0.25) is 0 Å². The van der Waals surface area contributed by atoms with Crippen molar-refractivity contribution in [2.45, 2.75) is 58.9 Å². The molecule has 2 aromatic rings. The fourth-order valence-electron chi connectivity index (χ4n) is 3.91. The number of amidine groups is 1. The molecular formula is C26H33N3O5. The zero-order valence-corrected chi connectivity index (χ0v) is 20.5. The number of nitrogens with zero attached hydrogens (tertiary/aromatic N) is 2. The molecule has 0 spiro atoms. The molecule has 2 heterocycles. The molecule has 0 atom stereocenters. The number of carbonyl (C=O) groups excluding carboxylic acids is 1. The highest BCUT2D eigenvalue weighted by atomic mass is 16.5. The van der Waals surface area contributed by atoms with Gasteiger partial charge in [0.2, 0.25) is 0 Å². The summed E-state index contributed by atoms with van der Waals surface area (Å²) in [6, 6.07) is 7.42. The normalized spacial score (nSPS) is 13.1. The minimum Gasteiger partial charge on any atom is -0.493 e. The van der Waals surface area contributed by atoms with Gasteiger partial charge < -0.3 is 19.5 Å². The second-order valence-electron chi connectivity index (χ2n) is 9.44. The standard InChI is InChI=1S/C26H33N3O5/c1-6-18-10-9-16-14-29(25(27)23(16)28-18)15-20(30)17-12-19(26(2,3)4)24(21(13-17)33-5)34-11-7-8-22(31)32/h9-10,12-13,27H,6-8,11,14-15H2,1-5H3,(H,31,32). The monoisotopic (exact) mass is 467 g/mol. The minimum absolute atomic E-state index is 0.0164. The van der Waals surface area contributed by atoms with Crippen molar-refractivity contribution in [3.63, 3.8) is 0 Å². The number of nitrogens with one attached hydrogen (secondary N) is 1. The fourth-order valence-corrected chi connectivity index (χ4v) is 3.91. The predicted molar refractivity (Wildman–Crippen MR) is 129 cm³/mol. The van der Waals surface area contributed by atoms with E-state index in [0.717, 1.165) is 23.2 Å². The first-order valence-electron chi connectivity index (χ1n) is 11.5. The molecule has 0 radical (unpaired) electrons. The quantitative estimate of drug-likeness (QED) is 0.397. The third-order valence-corrected chi connectivity index (χ3v) is 5.82. The van der Waals surface area contributed by atoms with Crippen LogP contribution in [0.3, 0.4) is 0 Å². The first kappa shape index (κ1) is 25.2. The summed E-state index contributed by atoms with van der Waals surface area (Å²) >= 11 is 0. The number of benzene rings is 1. The number of aryl methyl sites for hydroxylation is 1. The van der Waals surface area contributed by atoms with E-state index in [4.69, 9.17) is 20.0 Å². The highest BCUT2D eigenvalue weighted by Gasteiger charge is 2.29. The summed E-state index contributed by atoms with van der Waals surface area (Å²) in [4.78, 5) is 30.4. The molecule has 34 heavy (non-hydrogen) atoms. The van der Waals surface area contributed by atoms with Crippen molar-refractivity contribution < 1.29 is 24.2 Å². The van der Waals surface area contributed by atoms with E-state index in [-0.39, 0.29) is 36.6 Å². The Kier molecular flexibility index (Phi) is 7.59. The Hall–Kier alpha value is -3.42. The lowest BCUT2D eigenvalue weighted by Crippen LogP contribution is -2.30. The van der Waals surface area contributed by atoms with Crippen LogP contribution in [0, 0.1) is 5.41 Å². The molecule has 0 saturated heterocycles. The van der Waals surface area contributed by atoms with Crippen molar-refractivity contribution in [2.24, 2.45) is 0 Å². The second kappa shape index (κ2) is 10.2. The van der Waals surface area contributed by atoms with E-state index in [1.54, 1.807) is 11.0 Å². The van der Waals surface area contributed by atoms with Crippen LogP contribution in [-0.2, 0) is 23.2 Å². The molecule has 0 amide bonds. The Morgan fingerprint density at radius 2 is 1.97 bits per heavy atom. The molecule has 0 fully saturated rings. The van der Waals surface area contributed by atoms with Crippen LogP contribution >= 0.6 is 0 Å². The van der Waals surface area contributed by atoms with Crippen molar-refractivity contribution >= 4 is 17.6 Å². The zero-order chi connectivity index (χ0) is 25.0. The molecule has 3 rings (SSSR count). The lowest BCUT2D eigenvalue weighted by molar-refractivity contribution is -0.137. The van der Waals surface area contributed by atoms with Crippen LogP contribution in [0.5, 0.6) is 11.5 Å². The summed E-state index contributed by atoms with van der Waals surface area (Å²) in [5, 5.41) is 17.4. The topological polar surface area (TPSA) is 113 Å². The maximum atomic E-state index is 13.3. The molecule has 2 N–H and O–H groups in total. The Balaban J connectivity index is 1.84. The molecule has 1 aliphatic rings. The third kappa shape index (κ3) is 5.55. The van der Waals surface area contributed by atoms with Gasteiger partial charge in [-0.05, 0) is 36.5 Å². The van der Waals surface area contributed by atoms with Gasteiger partial charge in [-0.3, -0.25) is 15.0 Å². The van der Waals surface area contributed by atoms with Crippen LogP contribution in [0.25, 0.3) is 0 Å². The number of hydrogen-bond acceptors (Lipinski definition) is 6. The van der Waals surface area contributed by atoms with Gasteiger partial charge in [0.25, 0.3) is 0 Å². The summed E-state index contributed by atoms with van der Waals surface area (Å²) in [7, 11) is 1.52. The highest BCUT2D eigenvalue weighted by molar-refractivity contribution is 6.04. The van der Waals surface area contributed by atoms with E-state index in [0.29, 0.717) is 35.7 Å². The van der Waals surface area contributed by atoms with Crippen molar-refractivity contribution in [2.75, 3.05) is 20.3 Å². The van der Waals surface area contributed by atoms with Crippen LogP contribution in [0.15, 0.2) is 24.3 Å². The average Bonchev–Trinajstić information content (AvgIpc) is 3.09. The molecule has 182 valence electrons. The average molecular weight is 468 g/mol. The number of carboxylic acid groups (broad SMARTS) is 1. The van der Waals surface area contributed by atoms with Crippen molar-refractivity contribution in [1.29, 1.82) is 5.41 Å². The summed E-state index contributed by atoms with van der Waals surface area (Å²) < 4.78 is 11.5. The van der Waals surface area contributed by atoms with Crippen LogP contribution in [0.1, 0.15) is 73.4 Å². The first-order valence-corrected chi connectivity index (χ1v) is 11.5. The Labute approximate surface area is 200 Å². The first-order chi connectivity index (χ1) is 16.0. The molecular weight excluding hydrogens is 434 g/mol. The van der Waals surface area contributed by atoms with Crippen molar-refractivity contribution in [1.82, 2.24) is 9.88 Å². The smallest absolute Gasteiger partial charge is 0.303 e. The second-order valence-corrected chi connectivity index (χ2v) is 9.44. The van der Waals surface area contributed by atoms with E-state index in [2.05, 4.69) is 4.98 Å². The fraction of sp³-hybridized carbons (Fsp3) is 0.462. The lowest BCUT2D eigenvalue weighted by atomic mass is 9.84. The van der Waals surface area contributed by atoms with Crippen LogP contribution in [0.4, 0.5) is 0 Å². The van der Waals surface area contributed by atoms with Crippen LogP contribution < -0.4 is 9.47 Å². The maximum Gasteiger partial charge on any atom is 0.303 e. The van der Waals surface area contributed by atoms with Crippen molar-refractivity contribution in [3.8, 4) is 11.5 Å². The minimum atomic E-state index is -0.872. The van der Waals surface area contributed by atoms with Gasteiger partial charge in [-0.25, -0.2) is 4.98 Å². The molecule has 0 saturated carbocycles. The number of ketones is 1. The molecule has 0 aliphatic carbocycles. The molecule has 8 nitrogen and oxygen atoms in total. The number of methoxy groups -OCH3 is 1. The Morgan fingerprint density at radius 1 is 1.24 bits per heavy atom. The molecule has 1 aliphatic heterocycles. The highest BCUT2D eigenvalue weighted by Crippen LogP contribution is 2.40. The van der Waals surface area contributed by atoms with Gasteiger partial charge in [-0.15, -0.1) is 0 Å². The van der Waals surface area contributed by atoms with Gasteiger partial charge in [-0.2, -0.15) is 0 Å². The van der Waals surface area contributed by atoms with Crippen molar-refractivity contribution in [3.05, 3.63) is 52.3 Å². The van der Waals surface area contributed by atoms with Crippen LogP contribution in [-0.4, -0.2) is 52.8 Å². The Bertz CT molecular complexity index is 1100. The zero-order valence-electron chi connectivity index (χ0n) is 20.5. The van der Waals surface area contributed by atoms with Gasteiger partial charge >= 0.3 is 5.97 Å². The molecule has 0 unspecified atom stereocenters. The number of Topliss-reactive ketones (excluding diaryl/α,β-unsaturated/α-hetero) is 1. The number of carbonyl (C=O) groups is 2. The number of aromatic nitrogens is 1. The molecule has 8 heteroatoms. The predicted octanol–water partition coefficient (Wildman–Crippen LogP) is 4.22. The number of aliphatic carboxylic acids is 1. The number of hydrogen-bond donors (Lipinski definition) is 2. The summed E-state index contributed by atoms with van der Waals surface area (Å²) in [5.74, 6) is 0.215. The lowest BCUT2D eigenvalue weighted by Gasteiger charge is -2.26. The Morgan fingerprint density at radius 3 is 2.59 bits per heavy atom. The molecule has 0 bridgehead atoms. The van der Waals surface area contributed by atoms with E-state index in [1.165, 1.54) is 7.11 Å². The number of ether oxygens (including phenoxy) is 2. The van der Waals surface area contributed by atoms with Gasteiger partial charge in [0.15, 0.2) is 17.3 Å². The van der Waals surface area contributed by atoms with Gasteiger partial charge in [0.1, 0.15) is 11.5 Å². The van der Waals surface area contributed by atoms with Gasteiger partial charge in [0.05, 0.1) is 20.3 Å². The summed E-state index contributed by atoms with van der Waals surface area (Å²) in [6.07, 6.45) is 1.18. The van der Waals surface area contributed by atoms with E-state index < -0.39 is 5.97 Å². The van der Waals surface area contributed by atoms with E-state index in [1.807, 2.05) is 45.9 Å². The number of pyridine rings is 1. The number of carboxylic acids is 1. The van der Waals surface area contributed by atoms with E-state index >= 15 is 0 Å². The summed E-state index contributed by atoms with van der Waals surface area (Å²) in [6.45, 7) is 8.84. The molecule has 1 aromatic heterocycles. The molecule has 1 aromatic carbocycles.